The molecule has 3 rings (SSSR count). The van der Waals surface area contributed by atoms with Crippen LogP contribution < -0.4 is 10.7 Å². The minimum Gasteiger partial charge on any atom is -0.449 e. The quantitative estimate of drug-likeness (QED) is 0.654. The van der Waals surface area contributed by atoms with E-state index in [0.29, 0.717) is 16.1 Å². The van der Waals surface area contributed by atoms with Gasteiger partial charge >= 0.3 is 5.97 Å². The van der Waals surface area contributed by atoms with Crippen LogP contribution >= 0.6 is 23.2 Å². The van der Waals surface area contributed by atoms with Gasteiger partial charge in [-0.15, -0.1) is 0 Å². The van der Waals surface area contributed by atoms with Crippen molar-refractivity contribution in [3.8, 4) is 0 Å². The van der Waals surface area contributed by atoms with Crippen molar-refractivity contribution in [2.45, 2.75) is 13.0 Å². The summed E-state index contributed by atoms with van der Waals surface area (Å²) in [7, 11) is 0. The molecule has 0 spiro atoms. The highest BCUT2D eigenvalue weighted by atomic mass is 35.5. The number of esters is 1. The number of anilines is 1. The fourth-order valence-corrected chi connectivity index (χ4v) is 2.76. The van der Waals surface area contributed by atoms with Crippen molar-refractivity contribution in [1.29, 1.82) is 0 Å². The van der Waals surface area contributed by atoms with E-state index >= 15 is 0 Å². The van der Waals surface area contributed by atoms with Crippen molar-refractivity contribution in [2.75, 3.05) is 5.32 Å². The molecular formula is C19H13Cl2NO5. The number of hydrogen-bond acceptors (Lipinski definition) is 5. The van der Waals surface area contributed by atoms with E-state index < -0.39 is 18.0 Å². The second kappa shape index (κ2) is 7.82. The summed E-state index contributed by atoms with van der Waals surface area (Å²) in [6.07, 6.45) is -1.15. The molecule has 1 heterocycles. The molecule has 1 N–H and O–H groups in total. The van der Waals surface area contributed by atoms with E-state index in [1.165, 1.54) is 19.1 Å². The van der Waals surface area contributed by atoms with Crippen LogP contribution in [0.3, 0.4) is 0 Å². The summed E-state index contributed by atoms with van der Waals surface area (Å²) >= 11 is 11.8. The van der Waals surface area contributed by atoms with Gasteiger partial charge in [-0.05, 0) is 37.3 Å². The molecule has 0 saturated carbocycles. The number of para-hydroxylation sites is 1. The van der Waals surface area contributed by atoms with E-state index in [1.54, 1.807) is 30.3 Å². The third-order valence-electron chi connectivity index (χ3n) is 3.68. The Morgan fingerprint density at radius 1 is 1.11 bits per heavy atom. The van der Waals surface area contributed by atoms with Crippen LogP contribution in [0.1, 0.15) is 17.5 Å². The van der Waals surface area contributed by atoms with Crippen molar-refractivity contribution >= 4 is 51.7 Å². The zero-order valence-electron chi connectivity index (χ0n) is 14.0. The molecule has 0 aliphatic carbocycles. The summed E-state index contributed by atoms with van der Waals surface area (Å²) in [5, 5.41) is 3.55. The predicted molar refractivity (Wildman–Crippen MR) is 102 cm³/mol. The fourth-order valence-electron chi connectivity index (χ4n) is 2.30. The van der Waals surface area contributed by atoms with Gasteiger partial charge in [0.1, 0.15) is 5.58 Å². The molecule has 0 saturated heterocycles. The smallest absolute Gasteiger partial charge is 0.375 e. The largest absolute Gasteiger partial charge is 0.449 e. The summed E-state index contributed by atoms with van der Waals surface area (Å²) in [6.45, 7) is 1.39. The normalized spacial score (nSPS) is 11.8. The third-order valence-corrected chi connectivity index (χ3v) is 4.23. The van der Waals surface area contributed by atoms with Crippen LogP contribution in [0.4, 0.5) is 5.69 Å². The minimum atomic E-state index is -1.15. The van der Waals surface area contributed by atoms with Gasteiger partial charge in [0.05, 0.1) is 16.1 Å². The number of hydrogen-bond donors (Lipinski definition) is 1. The average molecular weight is 406 g/mol. The van der Waals surface area contributed by atoms with Gasteiger partial charge < -0.3 is 14.5 Å². The zero-order chi connectivity index (χ0) is 19.6. The van der Waals surface area contributed by atoms with E-state index in [1.807, 2.05) is 0 Å². The lowest BCUT2D eigenvalue weighted by Crippen LogP contribution is -2.30. The first kappa shape index (κ1) is 18.9. The Balaban J connectivity index is 1.73. The van der Waals surface area contributed by atoms with Gasteiger partial charge in [0, 0.05) is 11.1 Å². The standard InChI is InChI=1S/C19H13Cl2NO5/c1-10(18(24)22-14-7-6-11(20)8-13(14)21)26-19(25)17-9-15(23)12-4-2-3-5-16(12)27-17/h2-10H,1H3,(H,22,24)/t10-/m1/s1. The van der Waals surface area contributed by atoms with Crippen LogP contribution in [0.5, 0.6) is 0 Å². The number of carbonyl (C=O) groups excluding carboxylic acids is 2. The summed E-state index contributed by atoms with van der Waals surface area (Å²) in [6, 6.07) is 12.1. The van der Waals surface area contributed by atoms with Crippen LogP contribution in [0.2, 0.25) is 10.0 Å². The number of carbonyl (C=O) groups is 2. The van der Waals surface area contributed by atoms with Crippen LogP contribution in [0.25, 0.3) is 11.0 Å². The number of halogens is 2. The SMILES string of the molecule is C[C@@H](OC(=O)c1cc(=O)c2ccccc2o1)C(=O)Nc1ccc(Cl)cc1Cl. The maximum atomic E-state index is 12.2. The molecule has 0 aliphatic rings. The highest BCUT2D eigenvalue weighted by Gasteiger charge is 2.22. The fraction of sp³-hybridized carbons (Fsp3) is 0.105. The van der Waals surface area contributed by atoms with Gasteiger partial charge in [-0.25, -0.2) is 4.79 Å². The first-order chi connectivity index (χ1) is 12.8. The van der Waals surface area contributed by atoms with E-state index in [-0.39, 0.29) is 21.8 Å². The lowest BCUT2D eigenvalue weighted by Gasteiger charge is -2.14. The molecule has 0 fully saturated rings. The molecule has 1 amide bonds. The van der Waals surface area contributed by atoms with E-state index in [0.717, 1.165) is 6.07 Å². The second-order valence-electron chi connectivity index (χ2n) is 5.63. The average Bonchev–Trinajstić information content (AvgIpc) is 2.63. The molecule has 27 heavy (non-hydrogen) atoms. The number of fused-ring (bicyclic) bond motifs is 1. The van der Waals surface area contributed by atoms with E-state index in [9.17, 15) is 14.4 Å². The lowest BCUT2D eigenvalue weighted by molar-refractivity contribution is -0.123. The highest BCUT2D eigenvalue weighted by Crippen LogP contribution is 2.25. The number of benzene rings is 2. The number of nitrogens with one attached hydrogen (secondary N) is 1. The van der Waals surface area contributed by atoms with Gasteiger partial charge in [0.25, 0.3) is 5.91 Å². The molecule has 0 bridgehead atoms. The van der Waals surface area contributed by atoms with Crippen LogP contribution in [-0.4, -0.2) is 18.0 Å². The van der Waals surface area contributed by atoms with Gasteiger partial charge in [-0.1, -0.05) is 35.3 Å². The molecule has 0 radical (unpaired) electrons. The lowest BCUT2D eigenvalue weighted by atomic mass is 10.2. The molecular weight excluding hydrogens is 393 g/mol. The Kier molecular flexibility index (Phi) is 5.48. The monoisotopic (exact) mass is 405 g/mol. The Bertz CT molecular complexity index is 1090. The Labute approximate surface area is 163 Å². The molecule has 8 heteroatoms. The van der Waals surface area contributed by atoms with Gasteiger partial charge in [0.15, 0.2) is 11.5 Å². The van der Waals surface area contributed by atoms with E-state index in [2.05, 4.69) is 5.32 Å². The van der Waals surface area contributed by atoms with Crippen LogP contribution in [0, 0.1) is 0 Å². The third kappa shape index (κ3) is 4.30. The molecule has 2 aromatic carbocycles. The zero-order valence-corrected chi connectivity index (χ0v) is 15.5. The number of ether oxygens (including phenoxy) is 1. The number of rotatable bonds is 4. The van der Waals surface area contributed by atoms with Crippen molar-refractivity contribution in [3.63, 3.8) is 0 Å². The summed E-state index contributed by atoms with van der Waals surface area (Å²) < 4.78 is 10.5. The molecule has 1 aromatic heterocycles. The van der Waals surface area contributed by atoms with Crippen LogP contribution in [0.15, 0.2) is 57.7 Å². The van der Waals surface area contributed by atoms with Gasteiger partial charge in [-0.3, -0.25) is 9.59 Å². The Morgan fingerprint density at radius 3 is 2.59 bits per heavy atom. The van der Waals surface area contributed by atoms with Crippen molar-refractivity contribution in [1.82, 2.24) is 0 Å². The molecule has 0 unspecified atom stereocenters. The molecule has 138 valence electrons. The topological polar surface area (TPSA) is 85.6 Å². The van der Waals surface area contributed by atoms with Crippen molar-refractivity contribution in [2.24, 2.45) is 0 Å². The second-order valence-corrected chi connectivity index (χ2v) is 6.48. The Hall–Kier alpha value is -2.83. The van der Waals surface area contributed by atoms with E-state index in [4.69, 9.17) is 32.4 Å². The highest BCUT2D eigenvalue weighted by molar-refractivity contribution is 6.36. The molecule has 6 nitrogen and oxygen atoms in total. The van der Waals surface area contributed by atoms with Gasteiger partial charge in [0.2, 0.25) is 5.76 Å². The number of amides is 1. The first-order valence-electron chi connectivity index (χ1n) is 7.85. The maximum Gasteiger partial charge on any atom is 0.375 e. The first-order valence-corrected chi connectivity index (χ1v) is 8.60. The van der Waals surface area contributed by atoms with Crippen molar-refractivity contribution < 1.29 is 18.7 Å². The molecule has 3 aromatic rings. The van der Waals surface area contributed by atoms with Crippen LogP contribution in [-0.2, 0) is 9.53 Å². The predicted octanol–water partition coefficient (Wildman–Crippen LogP) is 4.28. The minimum absolute atomic E-state index is 0.245. The summed E-state index contributed by atoms with van der Waals surface area (Å²) in [5.74, 6) is -1.82. The molecule has 1 atom stereocenters. The van der Waals surface area contributed by atoms with Gasteiger partial charge in [-0.2, -0.15) is 0 Å². The maximum absolute atomic E-state index is 12.2. The summed E-state index contributed by atoms with van der Waals surface area (Å²) in [4.78, 5) is 36.5. The van der Waals surface area contributed by atoms with Crippen molar-refractivity contribution in [3.05, 3.63) is 74.6 Å². The molecule has 0 aliphatic heterocycles. The summed E-state index contributed by atoms with van der Waals surface area (Å²) in [5.41, 5.74) is 0.196. The Morgan fingerprint density at radius 2 is 1.85 bits per heavy atom.